The van der Waals surface area contributed by atoms with Crippen LogP contribution in [0.5, 0.6) is 0 Å². The zero-order valence-electron chi connectivity index (χ0n) is 14.9. The molecule has 2 atom stereocenters. The van der Waals surface area contributed by atoms with Gasteiger partial charge in [0.25, 0.3) is 11.5 Å². The van der Waals surface area contributed by atoms with E-state index < -0.39 is 0 Å². The smallest absolute Gasteiger partial charge is 0.275 e. The topological polar surface area (TPSA) is 64.0 Å². The van der Waals surface area contributed by atoms with Crippen molar-refractivity contribution in [3.05, 3.63) is 88.9 Å². The van der Waals surface area contributed by atoms with Crippen LogP contribution in [0.25, 0.3) is 10.8 Å². The first kappa shape index (κ1) is 17.2. The van der Waals surface area contributed by atoms with Crippen LogP contribution in [-0.2, 0) is 0 Å². The molecule has 4 rings (SSSR count). The van der Waals surface area contributed by atoms with Crippen molar-refractivity contribution in [3.8, 4) is 0 Å². The lowest BCUT2D eigenvalue weighted by atomic mass is 10.0. The molecule has 2 aromatic carbocycles. The van der Waals surface area contributed by atoms with Crippen molar-refractivity contribution in [2.75, 3.05) is 0 Å². The van der Waals surface area contributed by atoms with Gasteiger partial charge in [-0.3, -0.25) is 9.59 Å². The maximum Gasteiger partial charge on any atom is 0.275 e. The molecule has 0 saturated carbocycles. The van der Waals surface area contributed by atoms with E-state index in [9.17, 15) is 9.59 Å². The van der Waals surface area contributed by atoms with Gasteiger partial charge in [0.05, 0.1) is 23.7 Å². The Hall–Kier alpha value is -3.21. The van der Waals surface area contributed by atoms with Gasteiger partial charge in [-0.25, -0.2) is 4.68 Å². The van der Waals surface area contributed by atoms with E-state index in [1.54, 1.807) is 18.3 Å². The molecule has 3 aromatic rings. The highest BCUT2D eigenvalue weighted by Crippen LogP contribution is 2.22. The number of nitrogens with one attached hydrogen (secondary N) is 1. The number of carbonyl (C=O) groups excluding carboxylic acids is 1. The molecule has 0 unspecified atom stereocenters. The summed E-state index contributed by atoms with van der Waals surface area (Å²) in [5, 5.41) is 8.97. The second kappa shape index (κ2) is 7.58. The van der Waals surface area contributed by atoms with Gasteiger partial charge in [0.1, 0.15) is 0 Å². The third-order valence-electron chi connectivity index (χ3n) is 4.99. The van der Waals surface area contributed by atoms with E-state index >= 15 is 0 Å². The highest BCUT2D eigenvalue weighted by Gasteiger charge is 2.26. The summed E-state index contributed by atoms with van der Waals surface area (Å²) in [6.07, 6.45) is 8.45. The van der Waals surface area contributed by atoms with Crippen molar-refractivity contribution in [1.29, 1.82) is 0 Å². The van der Waals surface area contributed by atoms with Crippen LogP contribution in [0, 0.1) is 0 Å². The fourth-order valence-corrected chi connectivity index (χ4v) is 3.56. The summed E-state index contributed by atoms with van der Waals surface area (Å²) in [7, 11) is 0. The first-order chi connectivity index (χ1) is 13.2. The van der Waals surface area contributed by atoms with Gasteiger partial charge in [-0.1, -0.05) is 48.6 Å². The third-order valence-corrected chi connectivity index (χ3v) is 4.99. The van der Waals surface area contributed by atoms with Gasteiger partial charge >= 0.3 is 0 Å². The van der Waals surface area contributed by atoms with Crippen LogP contribution in [0.2, 0.25) is 0 Å². The number of amides is 1. The summed E-state index contributed by atoms with van der Waals surface area (Å²) in [4.78, 5) is 25.7. The minimum atomic E-state index is -0.308. The maximum atomic E-state index is 13.0. The van der Waals surface area contributed by atoms with E-state index in [-0.39, 0.29) is 23.6 Å². The van der Waals surface area contributed by atoms with Crippen LogP contribution in [0.3, 0.4) is 0 Å². The van der Waals surface area contributed by atoms with Crippen LogP contribution in [0.1, 0.15) is 35.7 Å². The lowest BCUT2D eigenvalue weighted by Crippen LogP contribution is -2.43. The SMILES string of the molecule is O=C(N[C@H]1CCCC=C[C@H]1n1ncc2ccccc2c1=O)c1ccccc1. The molecule has 1 aliphatic rings. The Morgan fingerprint density at radius 1 is 1.07 bits per heavy atom. The standard InChI is InChI=1S/C22H21N3O2/c26-21(16-9-3-1-4-10-16)24-19-13-5-2-6-14-20(19)25-22(27)18-12-8-7-11-17(18)15-23-25/h1,3-4,6-12,14-15,19-20H,2,5,13H2,(H,24,26)/t19-,20+/m0/s1. The van der Waals surface area contributed by atoms with E-state index in [0.717, 1.165) is 24.6 Å². The summed E-state index contributed by atoms with van der Waals surface area (Å²) < 4.78 is 1.50. The third kappa shape index (κ3) is 3.53. The number of benzene rings is 2. The molecule has 0 aliphatic heterocycles. The van der Waals surface area contributed by atoms with Gasteiger partial charge in [0, 0.05) is 10.9 Å². The number of rotatable bonds is 3. The Morgan fingerprint density at radius 3 is 2.70 bits per heavy atom. The van der Waals surface area contributed by atoms with Crippen LogP contribution < -0.4 is 10.9 Å². The summed E-state index contributed by atoms with van der Waals surface area (Å²) in [6.45, 7) is 0. The number of fused-ring (bicyclic) bond motifs is 1. The predicted molar refractivity (Wildman–Crippen MR) is 106 cm³/mol. The number of carbonyl (C=O) groups is 1. The molecule has 0 fully saturated rings. The molecule has 0 radical (unpaired) electrons. The van der Waals surface area contributed by atoms with Crippen LogP contribution in [-0.4, -0.2) is 21.7 Å². The summed E-state index contributed by atoms with van der Waals surface area (Å²) >= 11 is 0. The number of allylic oxidation sites excluding steroid dienone is 1. The van der Waals surface area contributed by atoms with Gasteiger partial charge in [-0.05, 0) is 37.5 Å². The van der Waals surface area contributed by atoms with E-state index in [0.29, 0.717) is 10.9 Å². The Morgan fingerprint density at radius 2 is 1.85 bits per heavy atom. The minimum absolute atomic E-state index is 0.130. The van der Waals surface area contributed by atoms with Crippen molar-refractivity contribution >= 4 is 16.7 Å². The minimum Gasteiger partial charge on any atom is -0.347 e. The second-order valence-corrected chi connectivity index (χ2v) is 6.78. The molecule has 1 heterocycles. The highest BCUT2D eigenvalue weighted by molar-refractivity contribution is 5.94. The Labute approximate surface area is 157 Å². The van der Waals surface area contributed by atoms with E-state index in [1.165, 1.54) is 4.68 Å². The lowest BCUT2D eigenvalue weighted by Gasteiger charge is -2.25. The molecule has 27 heavy (non-hydrogen) atoms. The summed E-state index contributed by atoms with van der Waals surface area (Å²) in [5.74, 6) is -0.130. The molecule has 5 heteroatoms. The van der Waals surface area contributed by atoms with Crippen LogP contribution in [0.15, 0.2) is 77.7 Å². The summed E-state index contributed by atoms with van der Waals surface area (Å²) in [6, 6.07) is 16.1. The fourth-order valence-electron chi connectivity index (χ4n) is 3.56. The quantitative estimate of drug-likeness (QED) is 0.728. The molecule has 5 nitrogen and oxygen atoms in total. The van der Waals surface area contributed by atoms with Gasteiger partial charge in [0.2, 0.25) is 0 Å². The zero-order chi connectivity index (χ0) is 18.6. The van der Waals surface area contributed by atoms with Crippen LogP contribution >= 0.6 is 0 Å². The molecule has 0 saturated heterocycles. The monoisotopic (exact) mass is 359 g/mol. The first-order valence-corrected chi connectivity index (χ1v) is 9.23. The largest absolute Gasteiger partial charge is 0.347 e. The Kier molecular flexibility index (Phi) is 4.83. The van der Waals surface area contributed by atoms with Crippen molar-refractivity contribution < 1.29 is 4.79 Å². The van der Waals surface area contributed by atoms with Crippen molar-refractivity contribution in [3.63, 3.8) is 0 Å². The molecule has 1 aromatic heterocycles. The first-order valence-electron chi connectivity index (χ1n) is 9.23. The van der Waals surface area contributed by atoms with E-state index in [2.05, 4.69) is 16.5 Å². The Bertz CT molecular complexity index is 1040. The van der Waals surface area contributed by atoms with Gasteiger partial charge < -0.3 is 5.32 Å². The van der Waals surface area contributed by atoms with E-state index in [4.69, 9.17) is 0 Å². The average Bonchev–Trinajstić information content (AvgIpc) is 2.94. The number of nitrogens with zero attached hydrogens (tertiary/aromatic N) is 2. The van der Waals surface area contributed by atoms with Gasteiger partial charge in [-0.15, -0.1) is 0 Å². The number of hydrogen-bond donors (Lipinski definition) is 1. The lowest BCUT2D eigenvalue weighted by molar-refractivity contribution is 0.0924. The molecule has 0 bridgehead atoms. The molecular weight excluding hydrogens is 338 g/mol. The molecular formula is C22H21N3O2. The maximum absolute atomic E-state index is 13.0. The molecule has 0 spiro atoms. The van der Waals surface area contributed by atoms with Gasteiger partial charge in [-0.2, -0.15) is 5.10 Å². The second-order valence-electron chi connectivity index (χ2n) is 6.78. The molecule has 136 valence electrons. The zero-order valence-corrected chi connectivity index (χ0v) is 14.9. The average molecular weight is 359 g/mol. The van der Waals surface area contributed by atoms with E-state index in [1.807, 2.05) is 48.5 Å². The van der Waals surface area contributed by atoms with Crippen molar-refractivity contribution in [2.24, 2.45) is 0 Å². The van der Waals surface area contributed by atoms with Crippen molar-refractivity contribution in [2.45, 2.75) is 31.3 Å². The summed E-state index contributed by atoms with van der Waals surface area (Å²) in [5.41, 5.74) is 0.479. The number of aromatic nitrogens is 2. The highest BCUT2D eigenvalue weighted by atomic mass is 16.2. The molecule has 1 amide bonds. The van der Waals surface area contributed by atoms with Crippen molar-refractivity contribution in [1.82, 2.24) is 15.1 Å². The predicted octanol–water partition coefficient (Wildman–Crippen LogP) is 3.48. The Balaban J connectivity index is 1.69. The molecule has 1 N–H and O–H groups in total. The normalized spacial score (nSPS) is 19.6. The number of hydrogen-bond acceptors (Lipinski definition) is 3. The van der Waals surface area contributed by atoms with Gasteiger partial charge in [0.15, 0.2) is 0 Å². The van der Waals surface area contributed by atoms with Crippen LogP contribution in [0.4, 0.5) is 0 Å². The molecule has 1 aliphatic carbocycles. The fraction of sp³-hybridized carbons (Fsp3) is 0.227.